The molecule has 52 valence electrons. The largest absolute Gasteiger partial charge is 1.00 e. The Morgan fingerprint density at radius 3 is 2.45 bits per heavy atom. The SMILES string of the molecule is NNC(=O)c1ccncc1.[Na+]. The molecule has 0 fully saturated rings. The third-order valence-corrected chi connectivity index (χ3v) is 1.07. The van der Waals surface area contributed by atoms with E-state index in [1.54, 1.807) is 12.1 Å². The Morgan fingerprint density at radius 1 is 1.45 bits per heavy atom. The molecule has 4 nitrogen and oxygen atoms in total. The van der Waals surface area contributed by atoms with Crippen molar-refractivity contribution in [3.63, 3.8) is 0 Å². The summed E-state index contributed by atoms with van der Waals surface area (Å²) in [5, 5.41) is 0. The Hall–Kier alpha value is -0.420. The Bertz CT molecular complexity index is 227. The van der Waals surface area contributed by atoms with Crippen molar-refractivity contribution >= 4 is 5.91 Å². The van der Waals surface area contributed by atoms with E-state index in [0.29, 0.717) is 5.56 Å². The van der Waals surface area contributed by atoms with E-state index >= 15 is 0 Å². The molecule has 0 aliphatic rings. The number of nitrogen functional groups attached to an aromatic ring is 1. The van der Waals surface area contributed by atoms with Gasteiger partial charge in [0.15, 0.2) is 0 Å². The van der Waals surface area contributed by atoms with Crippen LogP contribution in [0.1, 0.15) is 10.4 Å². The van der Waals surface area contributed by atoms with Crippen LogP contribution in [0.2, 0.25) is 0 Å². The normalized spacial score (nSPS) is 8.09. The fourth-order valence-corrected chi connectivity index (χ4v) is 0.587. The second kappa shape index (κ2) is 5.26. The van der Waals surface area contributed by atoms with Gasteiger partial charge in [-0.25, -0.2) is 5.84 Å². The molecule has 1 heterocycles. The van der Waals surface area contributed by atoms with Crippen LogP contribution in [-0.2, 0) is 0 Å². The third-order valence-electron chi connectivity index (χ3n) is 1.07. The molecular formula is C6H7N3NaO+. The van der Waals surface area contributed by atoms with Crippen molar-refractivity contribution in [3.05, 3.63) is 30.1 Å². The summed E-state index contributed by atoms with van der Waals surface area (Å²) in [6.45, 7) is 0. The molecule has 0 saturated carbocycles. The summed E-state index contributed by atoms with van der Waals surface area (Å²) in [5.41, 5.74) is 2.53. The predicted molar refractivity (Wildman–Crippen MR) is 35.9 cm³/mol. The zero-order valence-electron chi connectivity index (χ0n) is 6.24. The average molecular weight is 160 g/mol. The van der Waals surface area contributed by atoms with Gasteiger partial charge in [-0.15, -0.1) is 0 Å². The molecule has 0 saturated heterocycles. The number of nitrogens with one attached hydrogen (secondary N) is 1. The first-order valence-electron chi connectivity index (χ1n) is 2.75. The number of carbonyl (C=O) groups is 1. The summed E-state index contributed by atoms with van der Waals surface area (Å²) in [6, 6.07) is 3.17. The number of hydrogen-bond donors (Lipinski definition) is 2. The maximum absolute atomic E-state index is 10.7. The molecule has 0 spiro atoms. The molecule has 0 aromatic carbocycles. The smallest absolute Gasteiger partial charge is 0.290 e. The zero-order chi connectivity index (χ0) is 7.40. The van der Waals surface area contributed by atoms with Crippen LogP contribution >= 0.6 is 0 Å². The molecule has 1 aromatic rings. The summed E-state index contributed by atoms with van der Waals surface area (Å²) in [5.74, 6) is 4.58. The van der Waals surface area contributed by atoms with Gasteiger partial charge in [-0.2, -0.15) is 0 Å². The number of hydrazine groups is 1. The zero-order valence-corrected chi connectivity index (χ0v) is 8.24. The standard InChI is InChI=1S/C6H7N3O.Na/c7-9-6(10)5-1-3-8-4-2-5;/h1-4H,7H2,(H,9,10);/q;+1. The minimum Gasteiger partial charge on any atom is -0.290 e. The minimum absolute atomic E-state index is 0. The topological polar surface area (TPSA) is 68.0 Å². The van der Waals surface area contributed by atoms with Crippen molar-refractivity contribution in [2.24, 2.45) is 5.84 Å². The molecule has 0 aliphatic carbocycles. The van der Waals surface area contributed by atoms with E-state index in [9.17, 15) is 4.79 Å². The molecule has 3 N–H and O–H groups in total. The molecule has 0 aliphatic heterocycles. The van der Waals surface area contributed by atoms with Gasteiger partial charge in [0.25, 0.3) is 5.91 Å². The molecule has 0 unspecified atom stereocenters. The van der Waals surface area contributed by atoms with Gasteiger partial charge in [0.05, 0.1) is 0 Å². The van der Waals surface area contributed by atoms with Crippen LogP contribution < -0.4 is 40.8 Å². The summed E-state index contributed by atoms with van der Waals surface area (Å²) in [4.78, 5) is 14.5. The van der Waals surface area contributed by atoms with Gasteiger partial charge in [0, 0.05) is 18.0 Å². The van der Waals surface area contributed by atoms with Crippen molar-refractivity contribution < 1.29 is 34.4 Å². The molecule has 0 bridgehead atoms. The van der Waals surface area contributed by atoms with Crippen LogP contribution in [0.15, 0.2) is 24.5 Å². The van der Waals surface area contributed by atoms with Crippen molar-refractivity contribution in [1.29, 1.82) is 0 Å². The first-order chi connectivity index (χ1) is 4.84. The minimum atomic E-state index is -0.303. The first-order valence-corrected chi connectivity index (χ1v) is 2.75. The summed E-state index contributed by atoms with van der Waals surface area (Å²) in [6.07, 6.45) is 3.06. The van der Waals surface area contributed by atoms with E-state index in [-0.39, 0.29) is 35.5 Å². The number of carbonyl (C=O) groups excluding carboxylic acids is 1. The molecule has 1 aromatic heterocycles. The second-order valence-electron chi connectivity index (χ2n) is 1.71. The Kier molecular flexibility index (Phi) is 5.06. The average Bonchev–Trinajstić information content (AvgIpc) is 2.05. The van der Waals surface area contributed by atoms with Gasteiger partial charge in [-0.3, -0.25) is 15.2 Å². The molecule has 1 amide bonds. The monoisotopic (exact) mass is 160 g/mol. The van der Waals surface area contributed by atoms with E-state index in [1.807, 2.05) is 5.43 Å². The van der Waals surface area contributed by atoms with Crippen LogP contribution in [0.5, 0.6) is 0 Å². The number of aromatic nitrogens is 1. The Balaban J connectivity index is 0.000001000. The fourth-order valence-electron chi connectivity index (χ4n) is 0.587. The second-order valence-corrected chi connectivity index (χ2v) is 1.71. The maximum atomic E-state index is 10.7. The number of nitrogens with zero attached hydrogens (tertiary/aromatic N) is 1. The van der Waals surface area contributed by atoms with Gasteiger partial charge < -0.3 is 0 Å². The summed E-state index contributed by atoms with van der Waals surface area (Å²) >= 11 is 0. The van der Waals surface area contributed by atoms with Crippen LogP contribution in [0.25, 0.3) is 0 Å². The van der Waals surface area contributed by atoms with Crippen molar-refractivity contribution in [1.82, 2.24) is 10.4 Å². The number of nitrogens with two attached hydrogens (primary N) is 1. The van der Waals surface area contributed by atoms with E-state index in [0.717, 1.165) is 0 Å². The van der Waals surface area contributed by atoms with Crippen molar-refractivity contribution in [2.45, 2.75) is 0 Å². The molecule has 1 rings (SSSR count). The van der Waals surface area contributed by atoms with Gasteiger partial charge in [0.2, 0.25) is 0 Å². The van der Waals surface area contributed by atoms with Crippen LogP contribution in [0.3, 0.4) is 0 Å². The van der Waals surface area contributed by atoms with E-state index in [1.165, 1.54) is 12.4 Å². The van der Waals surface area contributed by atoms with E-state index < -0.39 is 0 Å². The predicted octanol–water partition coefficient (Wildman–Crippen LogP) is -3.31. The summed E-state index contributed by atoms with van der Waals surface area (Å²) < 4.78 is 0. The van der Waals surface area contributed by atoms with E-state index in [2.05, 4.69) is 4.98 Å². The quantitative estimate of drug-likeness (QED) is 0.195. The van der Waals surface area contributed by atoms with Gasteiger partial charge in [-0.1, -0.05) is 0 Å². The van der Waals surface area contributed by atoms with Crippen LogP contribution in [-0.4, -0.2) is 10.9 Å². The van der Waals surface area contributed by atoms with Crippen LogP contribution in [0.4, 0.5) is 0 Å². The van der Waals surface area contributed by atoms with Crippen LogP contribution in [0, 0.1) is 0 Å². The van der Waals surface area contributed by atoms with Gasteiger partial charge >= 0.3 is 29.6 Å². The Labute approximate surface area is 86.5 Å². The third kappa shape index (κ3) is 2.98. The van der Waals surface area contributed by atoms with Crippen molar-refractivity contribution in [3.8, 4) is 0 Å². The fraction of sp³-hybridized carbons (Fsp3) is 0. The molecule has 11 heavy (non-hydrogen) atoms. The molecule has 0 radical (unpaired) electrons. The van der Waals surface area contributed by atoms with E-state index in [4.69, 9.17) is 5.84 Å². The molecular weight excluding hydrogens is 153 g/mol. The van der Waals surface area contributed by atoms with Crippen molar-refractivity contribution in [2.75, 3.05) is 0 Å². The van der Waals surface area contributed by atoms with Gasteiger partial charge in [0.1, 0.15) is 0 Å². The number of rotatable bonds is 1. The molecule has 5 heteroatoms. The Morgan fingerprint density at radius 2 is 2.00 bits per heavy atom. The van der Waals surface area contributed by atoms with Gasteiger partial charge in [-0.05, 0) is 12.1 Å². The first kappa shape index (κ1) is 10.6. The number of hydrogen-bond acceptors (Lipinski definition) is 3. The number of pyridine rings is 1. The summed E-state index contributed by atoms with van der Waals surface area (Å²) in [7, 11) is 0. The number of amides is 1. The molecule has 0 atom stereocenters. The maximum Gasteiger partial charge on any atom is 1.00 e.